The van der Waals surface area contributed by atoms with E-state index in [1.54, 1.807) is 5.57 Å². The molecule has 0 radical (unpaired) electrons. The topological polar surface area (TPSA) is 50.7 Å². The Hall–Kier alpha value is -1.16. The minimum Gasteiger partial charge on any atom is -0.391 e. The molecule has 3 saturated carbocycles. The van der Waals surface area contributed by atoms with Crippen molar-refractivity contribution in [2.45, 2.75) is 84.2 Å². The highest BCUT2D eigenvalue weighted by Crippen LogP contribution is 2.64. The molecule has 0 aromatic heterocycles. The van der Waals surface area contributed by atoms with E-state index in [1.165, 1.54) is 32.1 Å². The molecule has 6 atom stereocenters. The van der Waals surface area contributed by atoms with Gasteiger partial charge in [-0.2, -0.15) is 0 Å². The van der Waals surface area contributed by atoms with E-state index in [0.717, 1.165) is 62.7 Å². The second-order valence-electron chi connectivity index (χ2n) is 10.6. The van der Waals surface area contributed by atoms with Crippen LogP contribution < -0.4 is 5.32 Å². The van der Waals surface area contributed by atoms with Crippen LogP contribution in [0.15, 0.2) is 16.8 Å². The van der Waals surface area contributed by atoms with E-state index < -0.39 is 0 Å². The van der Waals surface area contributed by atoms with Gasteiger partial charge < -0.3 is 10.2 Å². The molecule has 5 aliphatic rings. The van der Waals surface area contributed by atoms with Gasteiger partial charge >= 0.3 is 0 Å². The first-order valence-corrected chi connectivity index (χ1v) is 11.7. The second-order valence-corrected chi connectivity index (χ2v) is 10.6. The number of carbonyl (C=O) groups is 1. The van der Waals surface area contributed by atoms with E-state index in [0.29, 0.717) is 17.1 Å². The number of rotatable bonds is 2. The number of oxime groups is 1. The lowest BCUT2D eigenvalue weighted by atomic mass is 9.47. The summed E-state index contributed by atoms with van der Waals surface area (Å²) in [6, 6.07) is 0. The molecule has 0 bridgehead atoms. The Kier molecular flexibility index (Phi) is 4.69. The maximum absolute atomic E-state index is 12.6. The lowest BCUT2D eigenvalue weighted by Gasteiger charge is -2.57. The zero-order valence-electron chi connectivity index (χ0n) is 17.6. The van der Waals surface area contributed by atoms with Gasteiger partial charge in [0, 0.05) is 18.4 Å². The fourth-order valence-corrected chi connectivity index (χ4v) is 7.47. The first-order chi connectivity index (χ1) is 13.5. The number of carbonyl (C=O) groups excluding carboxylic acids is 1. The van der Waals surface area contributed by atoms with Gasteiger partial charge in [-0.3, -0.25) is 4.79 Å². The standard InChI is InChI=1S/C24H36N2O2/c1-23-11-9-17(26-28-18-4-3-13-25-15-18)14-16(23)5-6-19-20-7-8-22(27)24(20,2)12-10-21(19)23/h14,18-21,25H,3-13,15H2,1-2H3/b26-17-/t18?,19?,20?,21?,23-,24-/m0/s1. The van der Waals surface area contributed by atoms with Gasteiger partial charge in [0.25, 0.3) is 0 Å². The molecule has 0 aromatic carbocycles. The molecule has 0 spiro atoms. The number of hydrogen-bond donors (Lipinski definition) is 1. The fourth-order valence-electron chi connectivity index (χ4n) is 7.47. The van der Waals surface area contributed by atoms with Crippen molar-refractivity contribution in [1.82, 2.24) is 5.32 Å². The van der Waals surface area contributed by atoms with Gasteiger partial charge in [-0.1, -0.05) is 24.6 Å². The predicted molar refractivity (Wildman–Crippen MR) is 111 cm³/mol. The number of piperidine rings is 1. The Morgan fingerprint density at radius 2 is 1.89 bits per heavy atom. The number of fused-ring (bicyclic) bond motifs is 5. The van der Waals surface area contributed by atoms with Crippen LogP contribution in [-0.4, -0.2) is 30.7 Å². The average molecular weight is 385 g/mol. The quantitative estimate of drug-likeness (QED) is 0.706. The first-order valence-electron chi connectivity index (χ1n) is 11.7. The lowest BCUT2D eigenvalue weighted by molar-refractivity contribution is -0.132. The van der Waals surface area contributed by atoms with E-state index in [1.807, 2.05) is 0 Å². The molecule has 4 aliphatic carbocycles. The SMILES string of the molecule is C[C@]12CC/C(=N/OC3CCCNC3)C=C1CCC1C2CC[C@]2(C)C(=O)CCC12. The molecule has 154 valence electrons. The van der Waals surface area contributed by atoms with Crippen LogP contribution in [0.25, 0.3) is 0 Å². The monoisotopic (exact) mass is 384 g/mol. The Labute approximate surface area is 169 Å². The summed E-state index contributed by atoms with van der Waals surface area (Å²) in [6.45, 7) is 6.82. The van der Waals surface area contributed by atoms with Gasteiger partial charge in [0.15, 0.2) is 0 Å². The molecule has 1 saturated heterocycles. The van der Waals surface area contributed by atoms with Crippen molar-refractivity contribution in [3.63, 3.8) is 0 Å². The Balaban J connectivity index is 1.33. The number of allylic oxidation sites excluding steroid dienone is 2. The van der Waals surface area contributed by atoms with Crippen LogP contribution in [0.3, 0.4) is 0 Å². The third-order valence-electron chi connectivity index (χ3n) is 9.26. The number of nitrogens with zero attached hydrogens (tertiary/aromatic N) is 1. The van der Waals surface area contributed by atoms with E-state index in [4.69, 9.17) is 4.84 Å². The number of hydrogen-bond acceptors (Lipinski definition) is 4. The third kappa shape index (κ3) is 2.89. The molecule has 4 heteroatoms. The number of nitrogens with one attached hydrogen (secondary N) is 1. The minimum absolute atomic E-state index is 0.0120. The highest BCUT2D eigenvalue weighted by atomic mass is 16.6. The summed E-state index contributed by atoms with van der Waals surface area (Å²) < 4.78 is 0. The maximum Gasteiger partial charge on any atom is 0.139 e. The molecule has 28 heavy (non-hydrogen) atoms. The lowest BCUT2D eigenvalue weighted by Crippen LogP contribution is -2.50. The molecule has 4 unspecified atom stereocenters. The highest BCUT2D eigenvalue weighted by molar-refractivity contribution is 5.96. The molecule has 0 aromatic rings. The van der Waals surface area contributed by atoms with Crippen molar-refractivity contribution >= 4 is 11.5 Å². The van der Waals surface area contributed by atoms with Crippen molar-refractivity contribution in [2.75, 3.05) is 13.1 Å². The van der Waals surface area contributed by atoms with Crippen molar-refractivity contribution < 1.29 is 9.63 Å². The average Bonchev–Trinajstić information content (AvgIpc) is 3.02. The van der Waals surface area contributed by atoms with Crippen molar-refractivity contribution in [1.29, 1.82) is 0 Å². The molecule has 1 N–H and O–H groups in total. The van der Waals surface area contributed by atoms with E-state index >= 15 is 0 Å². The van der Waals surface area contributed by atoms with E-state index in [-0.39, 0.29) is 11.5 Å². The van der Waals surface area contributed by atoms with Crippen LogP contribution in [0.1, 0.15) is 78.1 Å². The van der Waals surface area contributed by atoms with Gasteiger partial charge in [-0.15, -0.1) is 0 Å². The summed E-state index contributed by atoms with van der Waals surface area (Å²) in [5.74, 6) is 2.68. The Bertz CT molecular complexity index is 707. The predicted octanol–water partition coefficient (Wildman–Crippen LogP) is 4.64. The minimum atomic E-state index is -0.0120. The first kappa shape index (κ1) is 18.8. The molecule has 4 fully saturated rings. The maximum atomic E-state index is 12.6. The number of ketones is 1. The summed E-state index contributed by atoms with van der Waals surface area (Å²) in [4.78, 5) is 18.4. The molecular weight excluding hydrogens is 348 g/mol. The van der Waals surface area contributed by atoms with Gasteiger partial charge in [0.05, 0.1) is 5.71 Å². The molecule has 5 rings (SSSR count). The van der Waals surface area contributed by atoms with Crippen LogP contribution in [-0.2, 0) is 9.63 Å². The van der Waals surface area contributed by atoms with Gasteiger partial charge in [0.2, 0.25) is 0 Å². The fraction of sp³-hybridized carbons (Fsp3) is 0.833. The van der Waals surface area contributed by atoms with Crippen LogP contribution in [0, 0.1) is 28.6 Å². The summed E-state index contributed by atoms with van der Waals surface area (Å²) in [6.07, 6.45) is 13.9. The zero-order chi connectivity index (χ0) is 19.4. The molecule has 0 amide bonds. The van der Waals surface area contributed by atoms with Crippen molar-refractivity contribution in [3.05, 3.63) is 11.6 Å². The summed E-state index contributed by atoms with van der Waals surface area (Å²) in [7, 11) is 0. The van der Waals surface area contributed by atoms with Crippen LogP contribution in [0.4, 0.5) is 0 Å². The Morgan fingerprint density at radius 1 is 1.04 bits per heavy atom. The van der Waals surface area contributed by atoms with Gasteiger partial charge in [-0.05, 0) is 93.6 Å². The van der Waals surface area contributed by atoms with Crippen LogP contribution in [0.5, 0.6) is 0 Å². The molecule has 1 aliphatic heterocycles. The van der Waals surface area contributed by atoms with Crippen LogP contribution >= 0.6 is 0 Å². The van der Waals surface area contributed by atoms with E-state index in [9.17, 15) is 4.79 Å². The highest BCUT2D eigenvalue weighted by Gasteiger charge is 2.58. The molecular formula is C24H36N2O2. The third-order valence-corrected chi connectivity index (χ3v) is 9.26. The van der Waals surface area contributed by atoms with Crippen molar-refractivity contribution in [2.24, 2.45) is 33.7 Å². The van der Waals surface area contributed by atoms with E-state index in [2.05, 4.69) is 30.4 Å². The molecule has 1 heterocycles. The van der Waals surface area contributed by atoms with Crippen LogP contribution in [0.2, 0.25) is 0 Å². The van der Waals surface area contributed by atoms with Crippen molar-refractivity contribution in [3.8, 4) is 0 Å². The summed E-state index contributed by atoms with van der Waals surface area (Å²) in [5, 5.41) is 7.96. The molecule has 4 nitrogen and oxygen atoms in total. The number of Topliss-reactive ketones (excluding diaryl/α,β-unsaturated/α-hetero) is 1. The Morgan fingerprint density at radius 3 is 2.71 bits per heavy atom. The largest absolute Gasteiger partial charge is 0.391 e. The van der Waals surface area contributed by atoms with Gasteiger partial charge in [0.1, 0.15) is 11.9 Å². The zero-order valence-corrected chi connectivity index (χ0v) is 17.6. The smallest absolute Gasteiger partial charge is 0.139 e. The normalized spacial score (nSPS) is 47.1. The summed E-state index contributed by atoms with van der Waals surface area (Å²) >= 11 is 0. The second kappa shape index (κ2) is 6.97. The summed E-state index contributed by atoms with van der Waals surface area (Å²) in [5.41, 5.74) is 3.05. The van der Waals surface area contributed by atoms with Gasteiger partial charge in [-0.25, -0.2) is 0 Å².